The van der Waals surface area contributed by atoms with Crippen LogP contribution in [0.3, 0.4) is 0 Å². The van der Waals surface area contributed by atoms with Crippen LogP contribution in [0.5, 0.6) is 0 Å². The largest absolute Gasteiger partial charge is 0.378 e. The molecule has 0 saturated carbocycles. The number of ether oxygens (including phenoxy) is 2. The van der Waals surface area contributed by atoms with E-state index in [0.29, 0.717) is 19.7 Å². The van der Waals surface area contributed by atoms with E-state index in [1.165, 1.54) is 0 Å². The maximum absolute atomic E-state index is 12.4. The summed E-state index contributed by atoms with van der Waals surface area (Å²) in [4.78, 5) is 18.8. The molecule has 0 unspecified atom stereocenters. The predicted molar refractivity (Wildman–Crippen MR) is 92.8 cm³/mol. The van der Waals surface area contributed by atoms with Crippen molar-refractivity contribution in [3.63, 3.8) is 0 Å². The average molecular weight is 347 g/mol. The molecule has 1 amide bonds. The fourth-order valence-electron chi connectivity index (χ4n) is 3.63. The first-order chi connectivity index (χ1) is 12.3. The van der Waals surface area contributed by atoms with Crippen LogP contribution in [-0.4, -0.2) is 86.2 Å². The van der Waals surface area contributed by atoms with Gasteiger partial charge in [-0.05, 0) is 12.8 Å². The highest BCUT2D eigenvalue weighted by Gasteiger charge is 2.30. The van der Waals surface area contributed by atoms with Gasteiger partial charge in [-0.1, -0.05) is 0 Å². The number of hydrogen-bond acceptors (Lipinski definition) is 7. The van der Waals surface area contributed by atoms with Gasteiger partial charge in [-0.15, -0.1) is 5.10 Å². The molecule has 0 radical (unpaired) electrons. The van der Waals surface area contributed by atoms with Crippen LogP contribution >= 0.6 is 0 Å². The van der Waals surface area contributed by atoms with E-state index >= 15 is 0 Å². The van der Waals surface area contributed by atoms with Gasteiger partial charge in [0.15, 0.2) is 5.82 Å². The molecule has 3 saturated heterocycles. The molecule has 1 aromatic rings. The van der Waals surface area contributed by atoms with Gasteiger partial charge in [0.2, 0.25) is 0 Å². The topological polar surface area (TPSA) is 71.0 Å². The summed E-state index contributed by atoms with van der Waals surface area (Å²) >= 11 is 0. The monoisotopic (exact) mass is 347 g/mol. The first-order valence-corrected chi connectivity index (χ1v) is 9.12. The second-order valence-corrected chi connectivity index (χ2v) is 6.69. The molecule has 1 atom stereocenters. The van der Waals surface area contributed by atoms with Gasteiger partial charge in [0.05, 0.1) is 25.1 Å². The van der Waals surface area contributed by atoms with E-state index in [2.05, 4.69) is 26.1 Å². The smallest absolute Gasteiger partial charge is 0.251 e. The minimum Gasteiger partial charge on any atom is -0.378 e. The Balaban J connectivity index is 1.36. The van der Waals surface area contributed by atoms with Gasteiger partial charge in [-0.2, -0.15) is 5.10 Å². The van der Waals surface area contributed by atoms with Gasteiger partial charge in [-0.25, -0.2) is 0 Å². The molecule has 0 aromatic carbocycles. The predicted octanol–water partition coefficient (Wildman–Crippen LogP) is 0.141. The molecule has 0 aliphatic carbocycles. The highest BCUT2D eigenvalue weighted by atomic mass is 16.5. The Labute approximate surface area is 147 Å². The molecular formula is C17H25N5O3. The van der Waals surface area contributed by atoms with Gasteiger partial charge >= 0.3 is 0 Å². The molecule has 136 valence electrons. The van der Waals surface area contributed by atoms with Crippen LogP contribution in [0.15, 0.2) is 12.3 Å². The maximum atomic E-state index is 12.4. The van der Waals surface area contributed by atoms with Crippen LogP contribution in [0, 0.1) is 0 Å². The summed E-state index contributed by atoms with van der Waals surface area (Å²) in [7, 11) is 0. The molecule has 0 spiro atoms. The normalized spacial score (nSPS) is 24.6. The van der Waals surface area contributed by atoms with Crippen LogP contribution in [-0.2, 0) is 14.3 Å². The fourth-order valence-corrected chi connectivity index (χ4v) is 3.63. The number of hydrogen-bond donors (Lipinski definition) is 0. The Hall–Kier alpha value is -1.93. The van der Waals surface area contributed by atoms with Crippen molar-refractivity contribution in [1.82, 2.24) is 15.1 Å². The number of amides is 1. The number of nitrogens with zero attached hydrogens (tertiary/aromatic N) is 5. The van der Waals surface area contributed by atoms with E-state index in [-0.39, 0.29) is 12.0 Å². The van der Waals surface area contributed by atoms with E-state index in [1.54, 1.807) is 0 Å². The van der Waals surface area contributed by atoms with Crippen molar-refractivity contribution in [2.24, 2.45) is 0 Å². The van der Waals surface area contributed by atoms with Crippen molar-refractivity contribution in [3.8, 4) is 0 Å². The van der Waals surface area contributed by atoms with E-state index in [1.807, 2.05) is 11.1 Å². The summed E-state index contributed by atoms with van der Waals surface area (Å²) in [6.07, 6.45) is 3.43. The molecule has 4 rings (SSSR count). The average Bonchev–Trinajstić information content (AvgIpc) is 3.23. The summed E-state index contributed by atoms with van der Waals surface area (Å²) in [6.45, 7) is 6.96. The lowest BCUT2D eigenvalue weighted by molar-refractivity contribution is -0.141. The zero-order valence-electron chi connectivity index (χ0n) is 14.5. The van der Waals surface area contributed by atoms with Gasteiger partial charge in [-0.3, -0.25) is 4.79 Å². The van der Waals surface area contributed by atoms with Crippen LogP contribution in [0.2, 0.25) is 0 Å². The van der Waals surface area contributed by atoms with Crippen molar-refractivity contribution in [3.05, 3.63) is 12.3 Å². The number of anilines is 2. The lowest BCUT2D eigenvalue weighted by atomic mass is 10.2. The Kier molecular flexibility index (Phi) is 4.98. The Bertz CT molecular complexity index is 594. The lowest BCUT2D eigenvalue weighted by Crippen LogP contribution is -2.51. The highest BCUT2D eigenvalue weighted by Crippen LogP contribution is 2.22. The molecule has 4 heterocycles. The highest BCUT2D eigenvalue weighted by molar-refractivity contribution is 5.81. The van der Waals surface area contributed by atoms with E-state index < -0.39 is 0 Å². The van der Waals surface area contributed by atoms with Crippen molar-refractivity contribution in [2.75, 3.05) is 68.9 Å². The Morgan fingerprint density at radius 3 is 2.56 bits per heavy atom. The number of rotatable bonds is 3. The van der Waals surface area contributed by atoms with Crippen LogP contribution in [0.4, 0.5) is 11.5 Å². The number of piperazine rings is 1. The summed E-state index contributed by atoms with van der Waals surface area (Å²) in [6, 6.07) is 2.09. The standard InChI is InChI=1S/C17H25N5O3/c23-17(15-2-1-9-25-15)22-5-3-21(4-6-22)16-12-14(13-18-19-16)20-7-10-24-11-8-20/h12-13,15H,1-11H2/t15-/m1/s1. The number of aromatic nitrogens is 2. The first kappa shape index (κ1) is 16.5. The third-order valence-corrected chi connectivity index (χ3v) is 5.12. The molecule has 8 nitrogen and oxygen atoms in total. The molecule has 0 bridgehead atoms. The first-order valence-electron chi connectivity index (χ1n) is 9.12. The van der Waals surface area contributed by atoms with Crippen molar-refractivity contribution < 1.29 is 14.3 Å². The molecule has 0 N–H and O–H groups in total. The number of carbonyl (C=O) groups is 1. The third kappa shape index (κ3) is 3.69. The third-order valence-electron chi connectivity index (χ3n) is 5.12. The maximum Gasteiger partial charge on any atom is 0.251 e. The van der Waals surface area contributed by atoms with Gasteiger partial charge in [0.25, 0.3) is 5.91 Å². The number of carbonyl (C=O) groups excluding carboxylic acids is 1. The van der Waals surface area contributed by atoms with Gasteiger partial charge in [0.1, 0.15) is 6.10 Å². The lowest BCUT2D eigenvalue weighted by Gasteiger charge is -2.36. The fraction of sp³-hybridized carbons (Fsp3) is 0.706. The van der Waals surface area contributed by atoms with Crippen LogP contribution < -0.4 is 9.80 Å². The Morgan fingerprint density at radius 1 is 1.04 bits per heavy atom. The van der Waals surface area contributed by atoms with Crippen molar-refractivity contribution >= 4 is 17.4 Å². The second kappa shape index (κ2) is 7.53. The second-order valence-electron chi connectivity index (χ2n) is 6.69. The van der Waals surface area contributed by atoms with E-state index in [4.69, 9.17) is 9.47 Å². The Morgan fingerprint density at radius 2 is 1.84 bits per heavy atom. The summed E-state index contributed by atoms with van der Waals surface area (Å²) < 4.78 is 10.9. The van der Waals surface area contributed by atoms with Crippen molar-refractivity contribution in [1.29, 1.82) is 0 Å². The molecule has 3 aliphatic rings. The zero-order valence-corrected chi connectivity index (χ0v) is 14.5. The summed E-state index contributed by atoms with van der Waals surface area (Å²) in [5, 5.41) is 8.47. The minimum absolute atomic E-state index is 0.144. The number of morpholine rings is 1. The van der Waals surface area contributed by atoms with E-state index in [0.717, 1.165) is 63.7 Å². The van der Waals surface area contributed by atoms with Gasteiger partial charge in [0, 0.05) is 51.9 Å². The quantitative estimate of drug-likeness (QED) is 0.770. The molecule has 3 fully saturated rings. The molecule has 1 aromatic heterocycles. The van der Waals surface area contributed by atoms with Gasteiger partial charge < -0.3 is 24.2 Å². The summed E-state index contributed by atoms with van der Waals surface area (Å²) in [5.74, 6) is 1.03. The SMILES string of the molecule is O=C([C@H]1CCCO1)N1CCN(c2cc(N3CCOCC3)cnn2)CC1. The van der Waals surface area contributed by atoms with Crippen molar-refractivity contribution in [2.45, 2.75) is 18.9 Å². The molecule has 25 heavy (non-hydrogen) atoms. The molecular weight excluding hydrogens is 322 g/mol. The molecule has 3 aliphatic heterocycles. The minimum atomic E-state index is -0.226. The zero-order chi connectivity index (χ0) is 17.1. The van der Waals surface area contributed by atoms with E-state index in [9.17, 15) is 4.79 Å². The van der Waals surface area contributed by atoms with Crippen LogP contribution in [0.1, 0.15) is 12.8 Å². The summed E-state index contributed by atoms with van der Waals surface area (Å²) in [5.41, 5.74) is 1.09. The van der Waals surface area contributed by atoms with Crippen LogP contribution in [0.25, 0.3) is 0 Å². The molecule has 8 heteroatoms.